The topological polar surface area (TPSA) is 30.7 Å². The quantitative estimate of drug-likeness (QED) is 0.521. The lowest BCUT2D eigenvalue weighted by Crippen LogP contribution is -2.09. The first kappa shape index (κ1) is 17.0. The number of rotatable bonds is 4. The van der Waals surface area contributed by atoms with Gasteiger partial charge in [-0.3, -0.25) is 0 Å². The molecule has 2 heterocycles. The molecular weight excluding hydrogens is 350 g/mol. The van der Waals surface area contributed by atoms with Crippen LogP contribution >= 0.6 is 22.9 Å². The van der Waals surface area contributed by atoms with Crippen molar-refractivity contribution in [3.63, 3.8) is 0 Å². The highest BCUT2D eigenvalue weighted by molar-refractivity contribution is 7.13. The van der Waals surface area contributed by atoms with Crippen LogP contribution in [0, 0.1) is 5.92 Å². The van der Waals surface area contributed by atoms with E-state index in [-0.39, 0.29) is 6.04 Å². The van der Waals surface area contributed by atoms with Crippen molar-refractivity contribution in [2.24, 2.45) is 5.92 Å². The molecule has 1 fully saturated rings. The summed E-state index contributed by atoms with van der Waals surface area (Å²) < 4.78 is 2.08. The van der Waals surface area contributed by atoms with Gasteiger partial charge in [-0.2, -0.15) is 0 Å². The van der Waals surface area contributed by atoms with Crippen molar-refractivity contribution in [2.75, 3.05) is 0 Å². The zero-order chi connectivity index (χ0) is 17.4. The van der Waals surface area contributed by atoms with Crippen LogP contribution in [-0.2, 0) is 6.42 Å². The molecule has 132 valence electrons. The molecule has 2 aromatic heterocycles. The first-order chi connectivity index (χ1) is 12.1. The second-order valence-electron chi connectivity index (χ2n) is 7.37. The Balaban J connectivity index is 1.67. The third-order valence-corrected chi connectivity index (χ3v) is 6.39. The molecular formula is C20H24ClN3S. The molecule has 1 aliphatic carbocycles. The zero-order valence-electron chi connectivity index (χ0n) is 14.8. The summed E-state index contributed by atoms with van der Waals surface area (Å²) in [6.07, 6.45) is 8.00. The molecule has 1 aromatic carbocycles. The van der Waals surface area contributed by atoms with E-state index in [0.29, 0.717) is 5.28 Å². The van der Waals surface area contributed by atoms with Crippen LogP contribution in [0.2, 0.25) is 5.28 Å². The fourth-order valence-corrected chi connectivity index (χ4v) is 5.19. The first-order valence-corrected chi connectivity index (χ1v) is 10.5. The molecule has 3 aromatic rings. The number of fused-ring (bicyclic) bond motifs is 1. The van der Waals surface area contributed by atoms with Gasteiger partial charge in [0.05, 0.1) is 11.2 Å². The first-order valence-electron chi connectivity index (χ1n) is 9.24. The van der Waals surface area contributed by atoms with E-state index in [9.17, 15) is 0 Å². The normalized spacial score (nSPS) is 16.2. The lowest BCUT2D eigenvalue weighted by Gasteiger charge is -2.20. The highest BCUT2D eigenvalue weighted by atomic mass is 35.5. The number of hydrogen-bond donors (Lipinski definition) is 0. The lowest BCUT2D eigenvalue weighted by molar-refractivity contribution is 0.355. The van der Waals surface area contributed by atoms with Crippen LogP contribution in [0.3, 0.4) is 0 Å². The largest absolute Gasteiger partial charge is 0.312 e. The van der Waals surface area contributed by atoms with Crippen molar-refractivity contribution in [2.45, 2.75) is 58.4 Å². The maximum Gasteiger partial charge on any atom is 0.204 e. The van der Waals surface area contributed by atoms with E-state index < -0.39 is 0 Å². The molecule has 0 saturated heterocycles. The number of aromatic nitrogens is 3. The highest BCUT2D eigenvalue weighted by Crippen LogP contribution is 2.34. The van der Waals surface area contributed by atoms with Crippen LogP contribution in [0.25, 0.3) is 21.6 Å². The standard InChI is InChI=1S/C20H24ClN3S/c1-13(2)24-17-10-6-9-16(18(17)23-20(24)21)19-22-15(12-25-19)11-14-7-4-3-5-8-14/h6,9-10,12-14H,3-5,7-8,11H2,1-2H3. The maximum absolute atomic E-state index is 6.39. The highest BCUT2D eigenvalue weighted by Gasteiger charge is 2.19. The molecule has 1 aliphatic rings. The number of nitrogens with zero attached hydrogens (tertiary/aromatic N) is 3. The Labute approximate surface area is 158 Å². The Hall–Kier alpha value is -1.39. The number of hydrogen-bond acceptors (Lipinski definition) is 3. The molecule has 1 saturated carbocycles. The van der Waals surface area contributed by atoms with Gasteiger partial charge in [0.1, 0.15) is 10.5 Å². The van der Waals surface area contributed by atoms with Crippen LogP contribution in [0.5, 0.6) is 0 Å². The Kier molecular flexibility index (Phi) is 4.83. The minimum absolute atomic E-state index is 0.283. The van der Waals surface area contributed by atoms with Crippen LogP contribution in [0.1, 0.15) is 57.7 Å². The van der Waals surface area contributed by atoms with Crippen LogP contribution in [-0.4, -0.2) is 14.5 Å². The second-order valence-corrected chi connectivity index (χ2v) is 8.57. The molecule has 4 rings (SSSR count). The maximum atomic E-state index is 6.39. The number of benzene rings is 1. The summed E-state index contributed by atoms with van der Waals surface area (Å²) in [5.74, 6) is 0.814. The van der Waals surface area contributed by atoms with E-state index in [1.807, 2.05) is 0 Å². The van der Waals surface area contributed by atoms with Crippen LogP contribution < -0.4 is 0 Å². The Bertz CT molecular complexity index is 874. The van der Waals surface area contributed by atoms with Crippen molar-refractivity contribution in [3.8, 4) is 10.6 Å². The molecule has 25 heavy (non-hydrogen) atoms. The Morgan fingerprint density at radius 2 is 2.00 bits per heavy atom. The molecule has 3 nitrogen and oxygen atoms in total. The van der Waals surface area contributed by atoms with Crippen LogP contribution in [0.4, 0.5) is 0 Å². The molecule has 0 bridgehead atoms. The summed E-state index contributed by atoms with van der Waals surface area (Å²) in [5, 5.41) is 3.84. The zero-order valence-corrected chi connectivity index (χ0v) is 16.4. The second kappa shape index (κ2) is 7.08. The molecule has 0 amide bonds. The van der Waals surface area contributed by atoms with Crippen molar-refractivity contribution < 1.29 is 0 Å². The minimum atomic E-state index is 0.283. The number of halogens is 1. The van der Waals surface area contributed by atoms with Gasteiger partial charge in [0.25, 0.3) is 0 Å². The Morgan fingerprint density at radius 1 is 1.20 bits per heavy atom. The van der Waals surface area contributed by atoms with Crippen LogP contribution in [0.15, 0.2) is 23.6 Å². The van der Waals surface area contributed by atoms with Gasteiger partial charge in [-0.25, -0.2) is 9.97 Å². The van der Waals surface area contributed by atoms with Crippen molar-refractivity contribution in [1.29, 1.82) is 0 Å². The van der Waals surface area contributed by atoms with Crippen molar-refractivity contribution in [1.82, 2.24) is 14.5 Å². The third-order valence-electron chi connectivity index (χ3n) is 5.20. The predicted octanol–water partition coefficient (Wildman–Crippen LogP) is 6.52. The van der Waals surface area contributed by atoms with Gasteiger partial charge in [0, 0.05) is 17.0 Å². The molecule has 0 aliphatic heterocycles. The smallest absolute Gasteiger partial charge is 0.204 e. The molecule has 0 spiro atoms. The van der Waals surface area contributed by atoms with Crippen molar-refractivity contribution in [3.05, 3.63) is 34.6 Å². The fourth-order valence-electron chi connectivity index (χ4n) is 3.96. The van der Waals surface area contributed by atoms with Gasteiger partial charge in [-0.05, 0) is 49.9 Å². The summed E-state index contributed by atoms with van der Waals surface area (Å²) in [4.78, 5) is 9.57. The molecule has 0 atom stereocenters. The van der Waals surface area contributed by atoms with Gasteiger partial charge in [-0.15, -0.1) is 11.3 Å². The molecule has 5 heteroatoms. The van der Waals surface area contributed by atoms with Gasteiger partial charge in [-0.1, -0.05) is 38.2 Å². The SMILES string of the molecule is CC(C)n1c(Cl)nc2c(-c3nc(CC4CCCCC4)cs3)cccc21. The van der Waals surface area contributed by atoms with Gasteiger partial charge >= 0.3 is 0 Å². The summed E-state index contributed by atoms with van der Waals surface area (Å²) >= 11 is 8.12. The number of para-hydroxylation sites is 1. The van der Waals surface area contributed by atoms with E-state index in [1.54, 1.807) is 11.3 Å². The molecule has 0 N–H and O–H groups in total. The molecule has 0 radical (unpaired) electrons. The number of thiazole rings is 1. The minimum Gasteiger partial charge on any atom is -0.312 e. The summed E-state index contributed by atoms with van der Waals surface area (Å²) in [6, 6.07) is 6.57. The van der Waals surface area contributed by atoms with E-state index in [4.69, 9.17) is 16.6 Å². The Morgan fingerprint density at radius 3 is 2.76 bits per heavy atom. The average molecular weight is 374 g/mol. The van der Waals surface area contributed by atoms with E-state index >= 15 is 0 Å². The fraction of sp³-hybridized carbons (Fsp3) is 0.500. The average Bonchev–Trinajstić information content (AvgIpc) is 3.18. The van der Waals surface area contributed by atoms with Gasteiger partial charge in [0.15, 0.2) is 0 Å². The monoisotopic (exact) mass is 373 g/mol. The van der Waals surface area contributed by atoms with Gasteiger partial charge in [0.2, 0.25) is 5.28 Å². The van der Waals surface area contributed by atoms with Crippen molar-refractivity contribution >= 4 is 34.0 Å². The summed E-state index contributed by atoms with van der Waals surface area (Å²) in [5.41, 5.74) is 4.37. The number of imidazole rings is 1. The van der Waals surface area contributed by atoms with E-state index in [2.05, 4.69) is 47.0 Å². The van der Waals surface area contributed by atoms with E-state index in [1.165, 1.54) is 37.8 Å². The predicted molar refractivity (Wildman–Crippen MR) is 107 cm³/mol. The third kappa shape index (κ3) is 3.34. The lowest BCUT2D eigenvalue weighted by atomic mass is 9.86. The summed E-state index contributed by atoms with van der Waals surface area (Å²) in [6.45, 7) is 4.26. The van der Waals surface area contributed by atoms with E-state index in [0.717, 1.165) is 33.9 Å². The summed E-state index contributed by atoms with van der Waals surface area (Å²) in [7, 11) is 0. The van der Waals surface area contributed by atoms with Gasteiger partial charge < -0.3 is 4.57 Å². The molecule has 0 unspecified atom stereocenters.